The molecule has 1 unspecified atom stereocenters. The molecule has 1 aromatic carbocycles. The van der Waals surface area contributed by atoms with Gasteiger partial charge in [0.15, 0.2) is 0 Å². The van der Waals surface area contributed by atoms with Crippen molar-refractivity contribution >= 4 is 17.9 Å². The summed E-state index contributed by atoms with van der Waals surface area (Å²) in [6.45, 7) is 3.89. The average Bonchev–Trinajstić information content (AvgIpc) is 3.27. The number of carbonyl (C=O) groups excluding carboxylic acids is 3. The number of amides is 1. The van der Waals surface area contributed by atoms with Gasteiger partial charge in [0.05, 0.1) is 5.56 Å². The van der Waals surface area contributed by atoms with E-state index in [2.05, 4.69) is 11.7 Å². The molecule has 7 nitrogen and oxygen atoms in total. The summed E-state index contributed by atoms with van der Waals surface area (Å²) in [4.78, 5) is 33.3. The van der Waals surface area contributed by atoms with Crippen LogP contribution in [0.5, 0.6) is 0 Å². The molecule has 3 fully saturated rings. The molecule has 1 spiro atoms. The Morgan fingerprint density at radius 2 is 1.53 bits per heavy atom. The second-order valence-corrected chi connectivity index (χ2v) is 11.2. The summed E-state index contributed by atoms with van der Waals surface area (Å²) in [5.74, 6) is 0.355. The van der Waals surface area contributed by atoms with Crippen LogP contribution in [0.2, 0.25) is 0 Å². The second-order valence-electron chi connectivity index (χ2n) is 11.2. The lowest BCUT2D eigenvalue weighted by Crippen LogP contribution is -2.54. The summed E-state index contributed by atoms with van der Waals surface area (Å²) in [6, 6.07) is 4.06. The largest absolute Gasteiger partial charge is 0.434 e. The fraction of sp³-hybridized carbons (Fsp3) is 0.704. The Balaban J connectivity index is 0.00000162. The molecule has 1 amide bonds. The van der Waals surface area contributed by atoms with Crippen LogP contribution in [0.1, 0.15) is 56.6 Å². The highest BCUT2D eigenvalue weighted by Crippen LogP contribution is 2.42. The number of nitrogens with zero attached hydrogens (tertiary/aromatic N) is 3. The van der Waals surface area contributed by atoms with Crippen LogP contribution in [-0.2, 0) is 27.0 Å². The summed E-state index contributed by atoms with van der Waals surface area (Å²) in [7, 11) is 0. The number of alkyl halides is 9. The van der Waals surface area contributed by atoms with E-state index in [-0.39, 0.29) is 38.6 Å². The maximum atomic E-state index is 13.8. The van der Waals surface area contributed by atoms with E-state index >= 15 is 0 Å². The van der Waals surface area contributed by atoms with Crippen molar-refractivity contribution in [3.63, 3.8) is 0 Å². The van der Waals surface area contributed by atoms with Crippen molar-refractivity contribution < 1.29 is 58.6 Å². The van der Waals surface area contributed by atoms with Crippen LogP contribution in [0.3, 0.4) is 0 Å². The minimum Gasteiger partial charge on any atom is -0.426 e. The number of halogens is 9. The smallest absolute Gasteiger partial charge is 0.426 e. The van der Waals surface area contributed by atoms with Crippen molar-refractivity contribution in [1.82, 2.24) is 9.80 Å². The van der Waals surface area contributed by atoms with Gasteiger partial charge in [-0.2, -0.15) is 49.1 Å². The van der Waals surface area contributed by atoms with Gasteiger partial charge >= 0.3 is 30.8 Å². The maximum Gasteiger partial charge on any atom is 0.434 e. The van der Waals surface area contributed by atoms with Crippen LogP contribution < -0.4 is 4.90 Å². The van der Waals surface area contributed by atoms with E-state index in [0.717, 1.165) is 30.2 Å². The summed E-state index contributed by atoms with van der Waals surface area (Å²) >= 11 is 0. The van der Waals surface area contributed by atoms with Crippen molar-refractivity contribution in [1.29, 1.82) is 0 Å². The van der Waals surface area contributed by atoms with E-state index in [4.69, 9.17) is 9.59 Å². The summed E-state index contributed by atoms with van der Waals surface area (Å²) in [6.07, 6.45) is -18.0. The minimum atomic E-state index is -5.80. The van der Waals surface area contributed by atoms with Gasteiger partial charge in [-0.05, 0) is 74.8 Å². The molecule has 3 heterocycles. The van der Waals surface area contributed by atoms with Gasteiger partial charge in [-0.25, -0.2) is 4.79 Å². The second kappa shape index (κ2) is 13.3. The molecule has 3 aliphatic heterocycles. The molecule has 0 bridgehead atoms. The van der Waals surface area contributed by atoms with E-state index in [1.54, 1.807) is 6.07 Å². The number of benzene rings is 1. The lowest BCUT2D eigenvalue weighted by molar-refractivity contribution is -0.308. The van der Waals surface area contributed by atoms with Gasteiger partial charge in [0, 0.05) is 44.0 Å². The predicted molar refractivity (Wildman–Crippen MR) is 133 cm³/mol. The van der Waals surface area contributed by atoms with Gasteiger partial charge in [0.2, 0.25) is 0 Å². The first-order valence-corrected chi connectivity index (χ1v) is 13.7. The average molecular weight is 634 g/mol. The molecular weight excluding hydrogens is 601 g/mol. The lowest BCUT2D eigenvalue weighted by Gasteiger charge is -2.45. The fourth-order valence-corrected chi connectivity index (χ4v) is 6.16. The molecule has 0 saturated carbocycles. The number of carbonyl (C=O) groups is 1. The third kappa shape index (κ3) is 8.78. The number of anilines is 1. The van der Waals surface area contributed by atoms with E-state index < -0.39 is 41.8 Å². The van der Waals surface area contributed by atoms with Crippen molar-refractivity contribution in [2.75, 3.05) is 37.6 Å². The van der Waals surface area contributed by atoms with Crippen molar-refractivity contribution in [3.8, 4) is 0 Å². The first-order valence-electron chi connectivity index (χ1n) is 13.7. The molecule has 43 heavy (non-hydrogen) atoms. The first-order chi connectivity index (χ1) is 19.9. The SMILES string of the molecule is CC1CCCN(c2cc(CN3CCCC34CCN(C(=O)OC(C(F)(F)F)C(F)(F)F)CC4)cc(C(F)(F)F)c2)C1.O=C=O. The van der Waals surface area contributed by atoms with Crippen LogP contribution in [0, 0.1) is 5.92 Å². The lowest BCUT2D eigenvalue weighted by atomic mass is 9.84. The molecule has 0 aromatic heterocycles. The molecular formula is C27H32F9N3O4. The highest BCUT2D eigenvalue weighted by molar-refractivity contribution is 5.68. The van der Waals surface area contributed by atoms with Crippen molar-refractivity contribution in [3.05, 3.63) is 29.3 Å². The zero-order chi connectivity index (χ0) is 32.2. The standard InChI is InChI=1S/C26H32F9N3O2.CO2/c1-17-4-2-8-37(15-17)20-13-18(12-19(14-20)24(27,28)29)16-38-9-3-5-23(38)6-10-36(11-7-23)22(39)40-21(25(30,31)32)26(33,34)35;2-1-3/h12-14,17,21H,2-11,15-16H2,1H3;. The Hall–Kier alpha value is -3.00. The molecule has 0 aliphatic carbocycles. The van der Waals surface area contributed by atoms with Gasteiger partial charge < -0.3 is 14.5 Å². The van der Waals surface area contributed by atoms with Gasteiger partial charge in [0.1, 0.15) is 0 Å². The fourth-order valence-electron chi connectivity index (χ4n) is 6.16. The number of hydrogen-bond donors (Lipinski definition) is 0. The Kier molecular flexibility index (Phi) is 10.7. The maximum absolute atomic E-state index is 13.8. The molecule has 3 saturated heterocycles. The van der Waals surface area contributed by atoms with Crippen LogP contribution >= 0.6 is 0 Å². The van der Waals surface area contributed by atoms with Gasteiger partial charge in [-0.15, -0.1) is 0 Å². The molecule has 16 heteroatoms. The predicted octanol–water partition coefficient (Wildman–Crippen LogP) is 6.42. The molecule has 4 rings (SSSR count). The van der Waals surface area contributed by atoms with E-state index in [9.17, 15) is 44.3 Å². The van der Waals surface area contributed by atoms with Gasteiger partial charge in [-0.1, -0.05) is 6.92 Å². The Labute approximate surface area is 241 Å². The quantitative estimate of drug-likeness (QED) is 0.357. The van der Waals surface area contributed by atoms with E-state index in [1.807, 2.05) is 9.80 Å². The molecule has 0 radical (unpaired) electrons. The summed E-state index contributed by atoms with van der Waals surface area (Å²) < 4.78 is 122. The van der Waals surface area contributed by atoms with Crippen LogP contribution in [0.15, 0.2) is 18.2 Å². The van der Waals surface area contributed by atoms with Crippen molar-refractivity contribution in [2.45, 2.75) is 82.2 Å². The van der Waals surface area contributed by atoms with Gasteiger partial charge in [0.25, 0.3) is 6.10 Å². The summed E-state index contributed by atoms with van der Waals surface area (Å²) in [5, 5.41) is 0. The topological polar surface area (TPSA) is 70.2 Å². The van der Waals surface area contributed by atoms with Crippen LogP contribution in [-0.4, -0.2) is 78.8 Å². The van der Waals surface area contributed by atoms with E-state index in [0.29, 0.717) is 43.2 Å². The van der Waals surface area contributed by atoms with Gasteiger partial charge in [-0.3, -0.25) is 4.90 Å². The third-order valence-corrected chi connectivity index (χ3v) is 8.21. The highest BCUT2D eigenvalue weighted by Gasteiger charge is 2.60. The van der Waals surface area contributed by atoms with Crippen LogP contribution in [0.4, 0.5) is 50.0 Å². The van der Waals surface area contributed by atoms with Crippen LogP contribution in [0.25, 0.3) is 0 Å². The molecule has 1 aromatic rings. The minimum absolute atomic E-state index is 0.128. The molecule has 0 N–H and O–H groups in total. The molecule has 3 aliphatic rings. The number of hydrogen-bond acceptors (Lipinski definition) is 6. The number of likely N-dealkylation sites (tertiary alicyclic amines) is 2. The third-order valence-electron chi connectivity index (χ3n) is 8.21. The van der Waals surface area contributed by atoms with Crippen molar-refractivity contribution in [2.24, 2.45) is 5.92 Å². The monoisotopic (exact) mass is 633 g/mol. The molecule has 242 valence electrons. The number of piperidine rings is 2. The van der Waals surface area contributed by atoms with E-state index in [1.165, 1.54) is 6.07 Å². The zero-order valence-corrected chi connectivity index (χ0v) is 23.2. The number of rotatable bonds is 4. The highest BCUT2D eigenvalue weighted by atomic mass is 19.4. The Morgan fingerprint density at radius 3 is 2.07 bits per heavy atom. The Morgan fingerprint density at radius 1 is 0.930 bits per heavy atom. The normalized spacial score (nSPS) is 21.4. The zero-order valence-electron chi connectivity index (χ0n) is 23.2. The Bertz CT molecular complexity index is 1130. The summed E-state index contributed by atoms with van der Waals surface area (Å²) in [5.41, 5.74) is -0.290. The molecule has 1 atom stereocenters. The first kappa shape index (κ1) is 34.5. The number of ether oxygens (including phenoxy) is 1.